The first kappa shape index (κ1) is 91.7. The maximum Gasteiger partial charge on any atom is 0.510 e. The molecule has 2 amide bonds. The average Bonchev–Trinajstić information content (AvgIpc) is 1.77. The first-order valence-electron chi connectivity index (χ1n) is 36.1. The van der Waals surface area contributed by atoms with Gasteiger partial charge in [0.2, 0.25) is 11.9 Å². The molecular weight excluding hydrogens is 1560 g/mol. The Morgan fingerprint density at radius 3 is 1.20 bits per heavy atom. The maximum absolute atomic E-state index is 13.3. The molecule has 4 aromatic carbocycles. The molecule has 0 saturated carbocycles. The predicted molar refractivity (Wildman–Crippen MR) is 439 cm³/mol. The van der Waals surface area contributed by atoms with Crippen LogP contribution in [0.15, 0.2) is 97.1 Å². The molecule has 2 aromatic heterocycles. The number of ketones is 2. The lowest BCUT2D eigenvalue weighted by molar-refractivity contribution is -0.269. The number of amides is 2. The minimum atomic E-state index is -2.22. The Labute approximate surface area is 654 Å². The number of fused-ring (bicyclic) bond motifs is 2. The molecular formula is C72H115ClN6O22Si8. The summed E-state index contributed by atoms with van der Waals surface area (Å²) in [6.07, 6.45) is -9.15. The molecule has 8 rings (SSSR count). The van der Waals surface area contributed by atoms with Gasteiger partial charge in [0, 0.05) is 22.3 Å². The van der Waals surface area contributed by atoms with E-state index in [-0.39, 0.29) is 49.5 Å². The number of halogens is 1. The Morgan fingerprint density at radius 1 is 0.422 bits per heavy atom. The number of rotatable bonds is 29. The number of carbonyl (C=O) groups is 6. The van der Waals surface area contributed by atoms with Crippen LogP contribution in [0.2, 0.25) is 157 Å². The van der Waals surface area contributed by atoms with Gasteiger partial charge >= 0.3 is 24.5 Å². The topological polar surface area (TPSA) is 321 Å². The van der Waals surface area contributed by atoms with Gasteiger partial charge in [0.15, 0.2) is 103 Å². The Hall–Kier alpha value is -6.13. The molecule has 28 nitrogen and oxygen atoms in total. The van der Waals surface area contributed by atoms with E-state index in [1.54, 1.807) is 72.8 Å². The van der Waals surface area contributed by atoms with Crippen LogP contribution >= 0.6 is 11.6 Å². The van der Waals surface area contributed by atoms with Gasteiger partial charge in [-0.3, -0.25) is 24.8 Å². The third kappa shape index (κ3) is 30.7. The number of alkyl halides is 1. The van der Waals surface area contributed by atoms with E-state index >= 15 is 0 Å². The summed E-state index contributed by atoms with van der Waals surface area (Å²) in [5.41, 5.74) is 4.27. The van der Waals surface area contributed by atoms with Crippen molar-refractivity contribution in [3.05, 3.63) is 119 Å². The van der Waals surface area contributed by atoms with Crippen LogP contribution in [0.25, 0.3) is 22.1 Å². The number of benzene rings is 4. The van der Waals surface area contributed by atoms with Crippen molar-refractivity contribution >= 4 is 148 Å². The van der Waals surface area contributed by atoms with Crippen molar-refractivity contribution in [1.82, 2.24) is 19.5 Å². The van der Waals surface area contributed by atoms with Crippen molar-refractivity contribution < 1.29 is 102 Å². The number of aromatic amines is 1. The lowest BCUT2D eigenvalue weighted by Gasteiger charge is -2.51. The van der Waals surface area contributed by atoms with Crippen LogP contribution < -0.4 is 10.6 Å². The normalized spacial score (nSPS) is 20.8. The monoisotopic (exact) mass is 1670 g/mol. The SMILES string of the molecule is COC(=O)Nc1nc2cc(C(=O)c3ccccc3)ccc2n1COC(=O)OCC1OC(O[Si](C)(C)C)C(O[Si](C)(C)C)C(O[Si](C)(C)C)C1O[Si](C)(C)C.COC(=O)Nc1nc2ccc(C(=O)c3ccccc3)cc2[nH]1.C[Si](C)(C)OC1OC(COC(=O)OCCl)C(O[Si](C)(C)C)C(O[Si](C)(C)C)C1O[Si](C)(C)C. The Kier molecular flexibility index (Phi) is 32.5. The van der Waals surface area contributed by atoms with Crippen LogP contribution in [0, 0.1) is 0 Å². The molecule has 2 saturated heterocycles. The summed E-state index contributed by atoms with van der Waals surface area (Å²) in [5.74, 6) is 0.0501. The van der Waals surface area contributed by atoms with Gasteiger partial charge in [0.25, 0.3) is 0 Å². The van der Waals surface area contributed by atoms with E-state index < -0.39 is 152 Å². The van der Waals surface area contributed by atoms with Crippen LogP contribution in [-0.2, 0) is 80.0 Å². The molecule has 4 heterocycles. The molecule has 0 bridgehead atoms. The van der Waals surface area contributed by atoms with Crippen LogP contribution in [0.1, 0.15) is 31.8 Å². The van der Waals surface area contributed by atoms with Crippen molar-refractivity contribution in [2.45, 2.75) is 225 Å². The molecule has 2 fully saturated rings. The number of anilines is 2. The van der Waals surface area contributed by atoms with Crippen LogP contribution in [0.3, 0.4) is 0 Å². The molecule has 0 aliphatic carbocycles. The third-order valence-corrected chi connectivity index (χ3v) is 22.8. The summed E-state index contributed by atoms with van der Waals surface area (Å²) in [6, 6.07) is 27.7. The minimum absolute atomic E-state index is 0.0410. The van der Waals surface area contributed by atoms with Crippen LogP contribution in [0.5, 0.6) is 0 Å². The van der Waals surface area contributed by atoms with Gasteiger partial charge in [-0.1, -0.05) is 72.3 Å². The highest BCUT2D eigenvalue weighted by Crippen LogP contribution is 2.38. The smallest absolute Gasteiger partial charge is 0.453 e. The second-order valence-corrected chi connectivity index (χ2v) is 69.8. The zero-order chi connectivity index (χ0) is 81.6. The molecule has 2 aliphatic heterocycles. The van der Waals surface area contributed by atoms with E-state index in [1.165, 1.54) is 18.8 Å². The van der Waals surface area contributed by atoms with E-state index in [4.69, 9.17) is 80.2 Å². The quantitative estimate of drug-likeness (QED) is 0.0129. The second kappa shape index (κ2) is 38.6. The molecule has 0 spiro atoms. The van der Waals surface area contributed by atoms with Crippen molar-refractivity contribution in [2.24, 2.45) is 0 Å². The first-order valence-corrected chi connectivity index (χ1v) is 63.9. The zero-order valence-electron chi connectivity index (χ0n) is 68.0. The van der Waals surface area contributed by atoms with E-state index in [2.05, 4.69) is 187 Å². The zero-order valence-corrected chi connectivity index (χ0v) is 76.8. The molecule has 604 valence electrons. The number of H-pyrrole nitrogens is 1. The lowest BCUT2D eigenvalue weighted by Crippen LogP contribution is -2.67. The highest BCUT2D eigenvalue weighted by molar-refractivity contribution is 6.72. The molecule has 3 N–H and O–H groups in total. The number of ether oxygens (including phenoxy) is 8. The summed E-state index contributed by atoms with van der Waals surface area (Å²) < 4.78 is 98.5. The van der Waals surface area contributed by atoms with Gasteiger partial charge in [-0.2, -0.15) is 0 Å². The molecule has 6 aromatic rings. The molecule has 37 heteroatoms. The van der Waals surface area contributed by atoms with E-state index in [0.717, 1.165) is 0 Å². The number of hydrogen-bond acceptors (Lipinski definition) is 24. The summed E-state index contributed by atoms with van der Waals surface area (Å²) in [7, 11) is -14.3. The molecule has 10 atom stereocenters. The van der Waals surface area contributed by atoms with Crippen LogP contribution in [0.4, 0.5) is 31.1 Å². The predicted octanol–water partition coefficient (Wildman–Crippen LogP) is 16.3. The van der Waals surface area contributed by atoms with E-state index in [1.807, 2.05) is 24.3 Å². The van der Waals surface area contributed by atoms with Gasteiger partial charge in [0.05, 0.1) is 36.3 Å². The van der Waals surface area contributed by atoms with Crippen molar-refractivity contribution in [3.63, 3.8) is 0 Å². The summed E-state index contributed by atoms with van der Waals surface area (Å²) in [4.78, 5) is 85.7. The van der Waals surface area contributed by atoms with E-state index in [9.17, 15) is 28.8 Å². The largest absolute Gasteiger partial charge is 0.510 e. The first-order chi connectivity index (χ1) is 50.3. The van der Waals surface area contributed by atoms with Gasteiger partial charge in [0.1, 0.15) is 62.0 Å². The Bertz CT molecular complexity index is 4000. The molecule has 10 unspecified atom stereocenters. The summed E-state index contributed by atoms with van der Waals surface area (Å²) >= 11 is 5.49. The Morgan fingerprint density at radius 2 is 0.798 bits per heavy atom. The molecule has 2 aliphatic rings. The highest BCUT2D eigenvalue weighted by Gasteiger charge is 2.55. The fourth-order valence-electron chi connectivity index (χ4n) is 11.2. The number of nitrogens with one attached hydrogen (secondary N) is 3. The lowest BCUT2D eigenvalue weighted by atomic mass is 9.99. The Balaban J connectivity index is 0.000000284. The van der Waals surface area contributed by atoms with Crippen molar-refractivity contribution in [1.29, 1.82) is 0 Å². The van der Waals surface area contributed by atoms with Gasteiger partial charge in [-0.05, 0) is 194 Å². The number of carbonyl (C=O) groups excluding carboxylic acids is 6. The average molecular weight is 1680 g/mol. The van der Waals surface area contributed by atoms with Crippen molar-refractivity contribution in [3.8, 4) is 0 Å². The molecule has 109 heavy (non-hydrogen) atoms. The fraction of sp³-hybridized carbons (Fsp3) is 0.556. The number of nitrogens with zero attached hydrogens (tertiary/aromatic N) is 3. The third-order valence-electron chi connectivity index (χ3n) is 14.9. The summed E-state index contributed by atoms with van der Waals surface area (Å²) in [5, 5.41) is 4.99. The maximum atomic E-state index is 13.3. The fourth-order valence-corrected chi connectivity index (χ4v) is 19.6. The van der Waals surface area contributed by atoms with Gasteiger partial charge in [-0.15, -0.1) is 0 Å². The highest BCUT2D eigenvalue weighted by atomic mass is 35.5. The number of methoxy groups -OCH3 is 2. The number of hydrogen-bond donors (Lipinski definition) is 3. The number of aromatic nitrogens is 4. The number of imidazole rings is 2. The van der Waals surface area contributed by atoms with E-state index in [0.29, 0.717) is 44.3 Å². The van der Waals surface area contributed by atoms with Gasteiger partial charge < -0.3 is 78.3 Å². The minimum Gasteiger partial charge on any atom is -0.453 e. The molecule has 0 radical (unpaired) electrons. The van der Waals surface area contributed by atoms with Crippen molar-refractivity contribution in [2.75, 3.05) is 44.1 Å². The second-order valence-electron chi connectivity index (χ2n) is 33.9. The van der Waals surface area contributed by atoms with Crippen LogP contribution in [-0.4, -0.2) is 217 Å². The summed E-state index contributed by atoms with van der Waals surface area (Å²) in [6.45, 7) is 49.9. The van der Waals surface area contributed by atoms with Gasteiger partial charge in [-0.25, -0.2) is 29.1 Å². The standard InChI is InChI=1S/C36H57N3O11Si4.C20H45ClO8Si4.C16H13N3O3/c1-43-35(41)38-34-37-26-21-25(29(40)24-17-15-14-16-18-24)19-20-27(26)39(34)23-45-36(42)44-22-28-30(47-51(2,3)4)31(48-52(5,6)7)32(49-53(8,9)10)33(46-28)50-54(11,12)13;1-30(2,3)26-16-15(13-23-20(22)24-14-21)25-19(29-33(10,11)12)18(28-32(7,8)9)17(16)27-31(4,5)6;1-22-16(21)19-15-17-12-8-7-11(9-13(12)18-15)14(20)10-5-3-2-4-6-10/h14-21,28,30-33H,22-23H2,1-13H3,(H,37,38,41);15-19H,13-14H2,1-12H3;2-9H,1H3,(H2,17,18,19,21).